The minimum absolute atomic E-state index is 0.280. The summed E-state index contributed by atoms with van der Waals surface area (Å²) in [5.74, 6) is 0. The molecule has 0 aliphatic heterocycles. The van der Waals surface area contributed by atoms with Crippen LogP contribution >= 0.6 is 22.9 Å². The van der Waals surface area contributed by atoms with Crippen LogP contribution in [-0.2, 0) is 6.54 Å². The number of pyridine rings is 1. The van der Waals surface area contributed by atoms with E-state index in [9.17, 15) is 0 Å². The molecule has 0 aliphatic carbocycles. The van der Waals surface area contributed by atoms with Crippen molar-refractivity contribution < 1.29 is 0 Å². The van der Waals surface area contributed by atoms with Gasteiger partial charge in [-0.05, 0) is 36.1 Å². The predicted molar refractivity (Wildman–Crippen MR) is 68.8 cm³/mol. The van der Waals surface area contributed by atoms with Crippen molar-refractivity contribution in [2.45, 2.75) is 19.5 Å². The largest absolute Gasteiger partial charge is 0.305 e. The number of nitrogens with zero attached hydrogens (tertiary/aromatic N) is 1. The highest BCUT2D eigenvalue weighted by molar-refractivity contribution is 7.09. The van der Waals surface area contributed by atoms with Crippen molar-refractivity contribution in [3.05, 3.63) is 51.4 Å². The predicted octanol–water partition coefficient (Wildman–Crippen LogP) is 3.65. The molecule has 2 aromatic heterocycles. The van der Waals surface area contributed by atoms with E-state index in [1.807, 2.05) is 12.1 Å². The number of nitrogens with one attached hydrogen (secondary N) is 1. The SMILES string of the molecule is CC(NCc1cccs1)c1ccnc(Cl)c1. The smallest absolute Gasteiger partial charge is 0.129 e. The Hall–Kier alpha value is -0.900. The van der Waals surface area contributed by atoms with Crippen LogP contribution in [0.2, 0.25) is 5.15 Å². The lowest BCUT2D eigenvalue weighted by Crippen LogP contribution is -2.17. The molecule has 0 saturated carbocycles. The zero-order valence-electron chi connectivity index (χ0n) is 8.98. The number of rotatable bonds is 4. The molecule has 0 fully saturated rings. The summed E-state index contributed by atoms with van der Waals surface area (Å²) >= 11 is 7.61. The zero-order chi connectivity index (χ0) is 11.4. The third-order valence-corrected chi connectivity index (χ3v) is 3.50. The molecule has 2 rings (SSSR count). The second-order valence-corrected chi connectivity index (χ2v) is 5.01. The van der Waals surface area contributed by atoms with E-state index in [1.54, 1.807) is 17.5 Å². The molecule has 2 aromatic rings. The minimum atomic E-state index is 0.280. The molecule has 0 aromatic carbocycles. The molecule has 1 unspecified atom stereocenters. The fourth-order valence-electron chi connectivity index (χ4n) is 1.47. The maximum absolute atomic E-state index is 5.85. The van der Waals surface area contributed by atoms with Gasteiger partial charge in [-0.15, -0.1) is 11.3 Å². The monoisotopic (exact) mass is 252 g/mol. The van der Waals surface area contributed by atoms with Gasteiger partial charge in [0.2, 0.25) is 0 Å². The van der Waals surface area contributed by atoms with Crippen LogP contribution in [0.25, 0.3) is 0 Å². The van der Waals surface area contributed by atoms with Crippen LogP contribution in [0.5, 0.6) is 0 Å². The van der Waals surface area contributed by atoms with Crippen LogP contribution < -0.4 is 5.32 Å². The quantitative estimate of drug-likeness (QED) is 0.841. The molecule has 0 saturated heterocycles. The van der Waals surface area contributed by atoms with Gasteiger partial charge in [0.05, 0.1) is 0 Å². The molecule has 0 spiro atoms. The van der Waals surface area contributed by atoms with Gasteiger partial charge in [0, 0.05) is 23.7 Å². The number of hydrogen-bond donors (Lipinski definition) is 1. The van der Waals surface area contributed by atoms with Gasteiger partial charge < -0.3 is 5.32 Å². The first kappa shape index (κ1) is 11.6. The van der Waals surface area contributed by atoms with E-state index in [2.05, 4.69) is 34.7 Å². The van der Waals surface area contributed by atoms with Crippen molar-refractivity contribution in [1.29, 1.82) is 0 Å². The highest BCUT2D eigenvalue weighted by atomic mass is 35.5. The third-order valence-electron chi connectivity index (χ3n) is 2.41. The van der Waals surface area contributed by atoms with Crippen LogP contribution in [0.3, 0.4) is 0 Å². The topological polar surface area (TPSA) is 24.9 Å². The van der Waals surface area contributed by atoms with E-state index < -0.39 is 0 Å². The van der Waals surface area contributed by atoms with E-state index in [4.69, 9.17) is 11.6 Å². The summed E-state index contributed by atoms with van der Waals surface area (Å²) in [5.41, 5.74) is 1.16. The van der Waals surface area contributed by atoms with Gasteiger partial charge in [0.1, 0.15) is 5.15 Å². The summed E-state index contributed by atoms with van der Waals surface area (Å²) in [6.45, 7) is 3.01. The molecule has 1 N–H and O–H groups in total. The fraction of sp³-hybridized carbons (Fsp3) is 0.250. The van der Waals surface area contributed by atoms with Gasteiger partial charge in [0.25, 0.3) is 0 Å². The summed E-state index contributed by atoms with van der Waals surface area (Å²) in [6.07, 6.45) is 1.74. The Morgan fingerprint density at radius 1 is 1.50 bits per heavy atom. The van der Waals surface area contributed by atoms with E-state index in [-0.39, 0.29) is 6.04 Å². The summed E-state index contributed by atoms with van der Waals surface area (Å²) in [5, 5.41) is 6.08. The maximum atomic E-state index is 5.85. The van der Waals surface area contributed by atoms with Gasteiger partial charge in [-0.2, -0.15) is 0 Å². The van der Waals surface area contributed by atoms with Crippen LogP contribution in [0.15, 0.2) is 35.8 Å². The number of hydrogen-bond acceptors (Lipinski definition) is 3. The average Bonchev–Trinajstić information content (AvgIpc) is 2.78. The molecule has 2 nitrogen and oxygen atoms in total. The Balaban J connectivity index is 1.95. The minimum Gasteiger partial charge on any atom is -0.305 e. The summed E-state index contributed by atoms with van der Waals surface area (Å²) in [7, 11) is 0. The number of aromatic nitrogens is 1. The number of thiophene rings is 1. The molecule has 4 heteroatoms. The van der Waals surface area contributed by atoms with Crippen LogP contribution in [-0.4, -0.2) is 4.98 Å². The van der Waals surface area contributed by atoms with Crippen molar-refractivity contribution in [3.63, 3.8) is 0 Å². The van der Waals surface area contributed by atoms with E-state index in [0.717, 1.165) is 12.1 Å². The second-order valence-electron chi connectivity index (χ2n) is 3.59. The lowest BCUT2D eigenvalue weighted by molar-refractivity contribution is 0.578. The molecule has 1 atom stereocenters. The van der Waals surface area contributed by atoms with Gasteiger partial charge in [-0.25, -0.2) is 4.98 Å². The van der Waals surface area contributed by atoms with Gasteiger partial charge in [-0.1, -0.05) is 17.7 Å². The van der Waals surface area contributed by atoms with E-state index in [1.165, 1.54) is 4.88 Å². The first-order valence-electron chi connectivity index (χ1n) is 5.13. The highest BCUT2D eigenvalue weighted by Gasteiger charge is 2.05. The molecule has 2 heterocycles. The molecule has 0 amide bonds. The van der Waals surface area contributed by atoms with Crippen molar-refractivity contribution in [2.24, 2.45) is 0 Å². The molecular weight excluding hydrogens is 240 g/mol. The summed E-state index contributed by atoms with van der Waals surface area (Å²) < 4.78 is 0. The Labute approximate surface area is 104 Å². The molecular formula is C12H13ClN2S. The van der Waals surface area contributed by atoms with Gasteiger partial charge in [-0.3, -0.25) is 0 Å². The average molecular weight is 253 g/mol. The van der Waals surface area contributed by atoms with Gasteiger partial charge >= 0.3 is 0 Å². The van der Waals surface area contributed by atoms with Crippen molar-refractivity contribution in [3.8, 4) is 0 Å². The molecule has 0 bridgehead atoms. The lowest BCUT2D eigenvalue weighted by atomic mass is 10.1. The Morgan fingerprint density at radius 2 is 2.38 bits per heavy atom. The third kappa shape index (κ3) is 3.04. The Morgan fingerprint density at radius 3 is 3.06 bits per heavy atom. The van der Waals surface area contributed by atoms with Crippen LogP contribution in [0, 0.1) is 0 Å². The lowest BCUT2D eigenvalue weighted by Gasteiger charge is -2.13. The van der Waals surface area contributed by atoms with E-state index in [0.29, 0.717) is 5.15 Å². The zero-order valence-corrected chi connectivity index (χ0v) is 10.6. The first-order valence-corrected chi connectivity index (χ1v) is 6.38. The van der Waals surface area contributed by atoms with Crippen LogP contribution in [0.4, 0.5) is 0 Å². The van der Waals surface area contributed by atoms with Crippen molar-refractivity contribution in [2.75, 3.05) is 0 Å². The van der Waals surface area contributed by atoms with E-state index >= 15 is 0 Å². The Kier molecular flexibility index (Phi) is 3.93. The van der Waals surface area contributed by atoms with Crippen molar-refractivity contribution in [1.82, 2.24) is 10.3 Å². The molecule has 0 aliphatic rings. The fourth-order valence-corrected chi connectivity index (χ4v) is 2.31. The summed E-state index contributed by atoms with van der Waals surface area (Å²) in [4.78, 5) is 5.31. The molecule has 16 heavy (non-hydrogen) atoms. The maximum Gasteiger partial charge on any atom is 0.129 e. The second kappa shape index (κ2) is 5.43. The highest BCUT2D eigenvalue weighted by Crippen LogP contribution is 2.16. The van der Waals surface area contributed by atoms with Crippen LogP contribution in [0.1, 0.15) is 23.4 Å². The summed E-state index contributed by atoms with van der Waals surface area (Å²) in [6, 6.07) is 8.35. The molecule has 0 radical (unpaired) electrons. The van der Waals surface area contributed by atoms with Crippen molar-refractivity contribution >= 4 is 22.9 Å². The standard InChI is InChI=1S/C12H13ClN2S/c1-9(10-4-5-14-12(13)7-10)15-8-11-3-2-6-16-11/h2-7,9,15H,8H2,1H3. The van der Waals surface area contributed by atoms with Gasteiger partial charge in [0.15, 0.2) is 0 Å². The first-order chi connectivity index (χ1) is 7.75. The molecule has 84 valence electrons. The Bertz CT molecular complexity index is 442. The normalized spacial score (nSPS) is 12.6. The number of halogens is 1.